The first-order valence-electron chi connectivity index (χ1n) is 5.66. The predicted octanol–water partition coefficient (Wildman–Crippen LogP) is 0.927. The van der Waals surface area contributed by atoms with Crippen LogP contribution >= 0.6 is 0 Å². The summed E-state index contributed by atoms with van der Waals surface area (Å²) in [5.74, 6) is 2.39. The molecular weight excluding hydrogens is 208 g/mol. The Kier molecular flexibility index (Phi) is 5.78. The number of ether oxygens (including phenoxy) is 3. The smallest absolute Gasteiger partial charge is 0.186 e. The summed E-state index contributed by atoms with van der Waals surface area (Å²) in [7, 11) is 1.51. The molecule has 0 spiro atoms. The van der Waals surface area contributed by atoms with E-state index in [0.29, 0.717) is 0 Å². The third-order valence-electron chi connectivity index (χ3n) is 2.72. The van der Waals surface area contributed by atoms with Gasteiger partial charge in [0.25, 0.3) is 0 Å². The van der Waals surface area contributed by atoms with Gasteiger partial charge in [-0.2, -0.15) is 0 Å². The molecule has 0 saturated carbocycles. The molecule has 0 unspecified atom stereocenters. The highest BCUT2D eigenvalue weighted by Crippen LogP contribution is 2.27. The fourth-order valence-electron chi connectivity index (χ4n) is 1.89. The fourth-order valence-corrected chi connectivity index (χ4v) is 1.89. The van der Waals surface area contributed by atoms with Gasteiger partial charge in [-0.1, -0.05) is 25.7 Å². The van der Waals surface area contributed by atoms with Gasteiger partial charge in [-0.05, 0) is 6.42 Å². The molecule has 16 heavy (non-hydrogen) atoms. The highest BCUT2D eigenvalue weighted by molar-refractivity contribution is 4.91. The van der Waals surface area contributed by atoms with Crippen molar-refractivity contribution in [3.8, 4) is 12.3 Å². The van der Waals surface area contributed by atoms with Gasteiger partial charge in [-0.25, -0.2) is 0 Å². The molecule has 1 saturated heterocycles. The Morgan fingerprint density at radius 3 is 2.81 bits per heavy atom. The minimum Gasteiger partial charge on any atom is -0.385 e. The summed E-state index contributed by atoms with van der Waals surface area (Å²) >= 11 is 0. The van der Waals surface area contributed by atoms with Gasteiger partial charge in [0.2, 0.25) is 0 Å². The first-order valence-corrected chi connectivity index (χ1v) is 5.66. The van der Waals surface area contributed by atoms with E-state index in [1.165, 1.54) is 7.11 Å². The normalized spacial score (nSPS) is 33.9. The molecule has 1 rings (SSSR count). The number of terminal acetylenes is 1. The van der Waals surface area contributed by atoms with Crippen molar-refractivity contribution in [1.82, 2.24) is 0 Å². The van der Waals surface area contributed by atoms with E-state index >= 15 is 0 Å². The Balaban J connectivity index is 2.54. The molecule has 0 radical (unpaired) electrons. The molecular formula is C12H20O4. The summed E-state index contributed by atoms with van der Waals surface area (Å²) in [6.07, 6.45) is 6.21. The summed E-state index contributed by atoms with van der Waals surface area (Å²) in [5, 5.41) is 9.90. The summed E-state index contributed by atoms with van der Waals surface area (Å²) < 4.78 is 16.0. The third kappa shape index (κ3) is 3.19. The molecule has 1 aliphatic heterocycles. The molecule has 1 N–H and O–H groups in total. The number of hydrogen-bond acceptors (Lipinski definition) is 4. The molecule has 0 aromatic heterocycles. The standard InChI is InChI=1S/C12H20O4/c1-4-6-7-9-11(15-8-5-2)10(13)12(14-3)16-9/h2,9-13H,4,6-8H2,1,3H3/t9-,10-,11+,12+/m1/s1. The zero-order valence-corrected chi connectivity index (χ0v) is 9.89. The van der Waals surface area contributed by atoms with Gasteiger partial charge in [0, 0.05) is 7.11 Å². The average molecular weight is 228 g/mol. The quantitative estimate of drug-likeness (QED) is 0.687. The molecule has 0 amide bonds. The lowest BCUT2D eigenvalue weighted by Crippen LogP contribution is -2.36. The van der Waals surface area contributed by atoms with Crippen molar-refractivity contribution < 1.29 is 19.3 Å². The van der Waals surface area contributed by atoms with E-state index in [4.69, 9.17) is 20.6 Å². The molecule has 4 heteroatoms. The molecule has 1 heterocycles. The number of rotatable bonds is 6. The van der Waals surface area contributed by atoms with Crippen LogP contribution in [-0.4, -0.2) is 43.4 Å². The largest absolute Gasteiger partial charge is 0.385 e. The molecule has 0 aromatic rings. The topological polar surface area (TPSA) is 47.9 Å². The monoisotopic (exact) mass is 228 g/mol. The number of unbranched alkanes of at least 4 members (excludes halogenated alkanes) is 1. The molecule has 4 nitrogen and oxygen atoms in total. The van der Waals surface area contributed by atoms with E-state index in [0.717, 1.165) is 19.3 Å². The van der Waals surface area contributed by atoms with Gasteiger partial charge < -0.3 is 19.3 Å². The molecule has 0 aliphatic carbocycles. The van der Waals surface area contributed by atoms with Crippen molar-refractivity contribution in [3.05, 3.63) is 0 Å². The van der Waals surface area contributed by atoms with E-state index in [1.807, 2.05) is 0 Å². The van der Waals surface area contributed by atoms with Crippen LogP contribution in [0.1, 0.15) is 26.2 Å². The second-order valence-corrected chi connectivity index (χ2v) is 3.89. The average Bonchev–Trinajstić information content (AvgIpc) is 2.60. The molecule has 1 fully saturated rings. The highest BCUT2D eigenvalue weighted by atomic mass is 16.7. The summed E-state index contributed by atoms with van der Waals surface area (Å²) in [5.41, 5.74) is 0. The SMILES string of the molecule is C#CCO[C@@H]1[C@@H](O)[C@@H](OC)O[C@@H]1CCCC. The predicted molar refractivity (Wildman–Crippen MR) is 59.8 cm³/mol. The molecule has 0 bridgehead atoms. The van der Waals surface area contributed by atoms with Gasteiger partial charge in [0.15, 0.2) is 6.29 Å². The zero-order valence-electron chi connectivity index (χ0n) is 9.89. The maximum absolute atomic E-state index is 9.90. The van der Waals surface area contributed by atoms with Gasteiger partial charge in [0.05, 0.1) is 6.10 Å². The van der Waals surface area contributed by atoms with Crippen molar-refractivity contribution in [2.24, 2.45) is 0 Å². The number of aliphatic hydroxyl groups is 1. The number of methoxy groups -OCH3 is 1. The Hall–Kier alpha value is -0.600. The Labute approximate surface area is 96.9 Å². The zero-order chi connectivity index (χ0) is 12.0. The Bertz CT molecular complexity index is 236. The van der Waals surface area contributed by atoms with Crippen LogP contribution in [0.4, 0.5) is 0 Å². The second-order valence-electron chi connectivity index (χ2n) is 3.89. The lowest BCUT2D eigenvalue weighted by molar-refractivity contribution is -0.149. The fraction of sp³-hybridized carbons (Fsp3) is 0.833. The van der Waals surface area contributed by atoms with Crippen LogP contribution in [0.2, 0.25) is 0 Å². The van der Waals surface area contributed by atoms with Crippen LogP contribution in [0.3, 0.4) is 0 Å². The Morgan fingerprint density at radius 1 is 1.50 bits per heavy atom. The Morgan fingerprint density at radius 2 is 2.25 bits per heavy atom. The first kappa shape index (κ1) is 13.5. The summed E-state index contributed by atoms with van der Waals surface area (Å²) in [6.45, 7) is 2.29. The van der Waals surface area contributed by atoms with Crippen LogP contribution in [0.5, 0.6) is 0 Å². The van der Waals surface area contributed by atoms with Gasteiger partial charge >= 0.3 is 0 Å². The van der Waals surface area contributed by atoms with Gasteiger partial charge in [0.1, 0.15) is 18.8 Å². The van der Waals surface area contributed by atoms with Crippen molar-refractivity contribution in [3.63, 3.8) is 0 Å². The minimum absolute atomic E-state index is 0.131. The maximum Gasteiger partial charge on any atom is 0.186 e. The van der Waals surface area contributed by atoms with E-state index in [9.17, 15) is 5.11 Å². The van der Waals surface area contributed by atoms with E-state index in [2.05, 4.69) is 12.8 Å². The van der Waals surface area contributed by atoms with Crippen molar-refractivity contribution in [1.29, 1.82) is 0 Å². The van der Waals surface area contributed by atoms with E-state index in [-0.39, 0.29) is 18.8 Å². The first-order chi connectivity index (χ1) is 7.74. The van der Waals surface area contributed by atoms with Crippen LogP contribution < -0.4 is 0 Å². The second kappa shape index (κ2) is 6.87. The van der Waals surface area contributed by atoms with Gasteiger partial charge in [-0.3, -0.25) is 0 Å². The minimum atomic E-state index is -0.764. The number of hydrogen-bond donors (Lipinski definition) is 1. The van der Waals surface area contributed by atoms with Crippen molar-refractivity contribution in [2.45, 2.75) is 50.8 Å². The van der Waals surface area contributed by atoms with Crippen LogP contribution in [0.15, 0.2) is 0 Å². The molecule has 0 aromatic carbocycles. The summed E-state index contributed by atoms with van der Waals surface area (Å²) in [6, 6.07) is 0. The third-order valence-corrected chi connectivity index (χ3v) is 2.72. The number of aliphatic hydroxyl groups excluding tert-OH is 1. The molecule has 4 atom stereocenters. The summed E-state index contributed by atoms with van der Waals surface area (Å²) in [4.78, 5) is 0. The molecule has 1 aliphatic rings. The van der Waals surface area contributed by atoms with Crippen molar-refractivity contribution in [2.75, 3.05) is 13.7 Å². The van der Waals surface area contributed by atoms with E-state index < -0.39 is 12.4 Å². The lowest BCUT2D eigenvalue weighted by Gasteiger charge is -2.19. The van der Waals surface area contributed by atoms with Crippen molar-refractivity contribution >= 4 is 0 Å². The lowest BCUT2D eigenvalue weighted by atomic mass is 10.1. The van der Waals surface area contributed by atoms with Crippen LogP contribution in [0.25, 0.3) is 0 Å². The van der Waals surface area contributed by atoms with Gasteiger partial charge in [-0.15, -0.1) is 6.42 Å². The maximum atomic E-state index is 9.90. The van der Waals surface area contributed by atoms with E-state index in [1.54, 1.807) is 0 Å². The highest BCUT2D eigenvalue weighted by Gasteiger charge is 2.44. The van der Waals surface area contributed by atoms with Crippen LogP contribution in [-0.2, 0) is 14.2 Å². The molecule has 92 valence electrons. The van der Waals surface area contributed by atoms with Crippen LogP contribution in [0, 0.1) is 12.3 Å².